The Balaban J connectivity index is 1.97. The maximum Gasteiger partial charge on any atom is 0.223 e. The first-order valence-electron chi connectivity index (χ1n) is 9.98. The van der Waals surface area contributed by atoms with Gasteiger partial charge in [-0.05, 0) is 57.4 Å². The highest BCUT2D eigenvalue weighted by Crippen LogP contribution is 2.26. The molecule has 27 heavy (non-hydrogen) atoms. The van der Waals surface area contributed by atoms with Crippen molar-refractivity contribution in [3.8, 4) is 0 Å². The molecule has 1 saturated heterocycles. The van der Waals surface area contributed by atoms with Crippen LogP contribution in [0.15, 0.2) is 18.2 Å². The second kappa shape index (κ2) is 10.3. The van der Waals surface area contributed by atoms with Gasteiger partial charge in [0.15, 0.2) is 0 Å². The zero-order chi connectivity index (χ0) is 19.8. The number of ether oxygens (including phenoxy) is 1. The minimum atomic E-state index is -0.0550. The van der Waals surface area contributed by atoms with Crippen molar-refractivity contribution in [3.63, 3.8) is 0 Å². The molecule has 150 valence electrons. The summed E-state index contributed by atoms with van der Waals surface area (Å²) in [5.74, 6) is -0.102. The lowest BCUT2D eigenvalue weighted by Gasteiger charge is -2.26. The average Bonchev–Trinajstić information content (AvgIpc) is 3.16. The summed E-state index contributed by atoms with van der Waals surface area (Å²) in [6.45, 7) is 11.4. The van der Waals surface area contributed by atoms with Crippen molar-refractivity contribution in [3.05, 3.63) is 23.8 Å². The molecule has 1 aromatic carbocycles. The van der Waals surface area contributed by atoms with Crippen LogP contribution in [0, 0.1) is 6.92 Å². The number of amides is 2. The lowest BCUT2D eigenvalue weighted by atomic mass is 10.1. The summed E-state index contributed by atoms with van der Waals surface area (Å²) < 4.78 is 5.52. The Morgan fingerprint density at radius 3 is 2.56 bits per heavy atom. The number of hydrogen-bond donors (Lipinski definition) is 1. The lowest BCUT2D eigenvalue weighted by Crippen LogP contribution is -2.36. The van der Waals surface area contributed by atoms with Crippen molar-refractivity contribution >= 4 is 23.2 Å². The lowest BCUT2D eigenvalue weighted by molar-refractivity contribution is -0.121. The maximum absolute atomic E-state index is 12.2. The largest absolute Gasteiger partial charge is 0.376 e. The van der Waals surface area contributed by atoms with E-state index in [0.29, 0.717) is 13.1 Å². The summed E-state index contributed by atoms with van der Waals surface area (Å²) >= 11 is 0. The molecular formula is C21H33N3O3. The molecule has 6 nitrogen and oxygen atoms in total. The summed E-state index contributed by atoms with van der Waals surface area (Å²) in [6.07, 6.45) is 2.47. The molecule has 0 bridgehead atoms. The Morgan fingerprint density at radius 2 is 2.00 bits per heavy atom. The van der Waals surface area contributed by atoms with E-state index < -0.39 is 0 Å². The molecule has 0 aromatic heterocycles. The SMILES string of the molecule is CCN(CC)c1ccc(N(CCC(=O)NCC2CCCO2)C(C)=O)c(C)c1. The predicted molar refractivity (Wildman–Crippen MR) is 109 cm³/mol. The number of benzene rings is 1. The van der Waals surface area contributed by atoms with Gasteiger partial charge in [0.25, 0.3) is 0 Å². The predicted octanol–water partition coefficient (Wildman–Crippen LogP) is 2.88. The van der Waals surface area contributed by atoms with Gasteiger partial charge in [-0.25, -0.2) is 0 Å². The van der Waals surface area contributed by atoms with Gasteiger partial charge in [-0.3, -0.25) is 9.59 Å². The summed E-state index contributed by atoms with van der Waals surface area (Å²) in [7, 11) is 0. The van der Waals surface area contributed by atoms with Gasteiger partial charge in [0.1, 0.15) is 0 Å². The Kier molecular flexibility index (Phi) is 8.10. The van der Waals surface area contributed by atoms with Gasteiger partial charge in [-0.15, -0.1) is 0 Å². The Labute approximate surface area is 162 Å². The zero-order valence-electron chi connectivity index (χ0n) is 17.1. The molecule has 1 atom stereocenters. The number of carbonyl (C=O) groups excluding carboxylic acids is 2. The van der Waals surface area contributed by atoms with Crippen molar-refractivity contribution in [1.82, 2.24) is 5.32 Å². The van der Waals surface area contributed by atoms with Crippen LogP contribution in [0.1, 0.15) is 45.6 Å². The molecule has 6 heteroatoms. The third kappa shape index (κ3) is 5.96. The number of carbonyl (C=O) groups is 2. The molecule has 1 aliphatic heterocycles. The fraction of sp³-hybridized carbons (Fsp3) is 0.619. The van der Waals surface area contributed by atoms with Gasteiger partial charge < -0.3 is 19.9 Å². The van der Waals surface area contributed by atoms with E-state index in [1.165, 1.54) is 0 Å². The number of nitrogens with one attached hydrogen (secondary N) is 1. The Bertz CT molecular complexity index is 638. The fourth-order valence-corrected chi connectivity index (χ4v) is 3.51. The zero-order valence-corrected chi connectivity index (χ0v) is 17.1. The van der Waals surface area contributed by atoms with Gasteiger partial charge in [0.2, 0.25) is 11.8 Å². The molecule has 1 aliphatic rings. The summed E-state index contributed by atoms with van der Waals surface area (Å²) in [5, 5.41) is 2.92. The fourth-order valence-electron chi connectivity index (χ4n) is 3.51. The topological polar surface area (TPSA) is 61.9 Å². The van der Waals surface area contributed by atoms with Crippen LogP contribution >= 0.6 is 0 Å². The number of hydrogen-bond acceptors (Lipinski definition) is 4. The van der Waals surface area contributed by atoms with Crippen molar-refractivity contribution in [2.75, 3.05) is 42.6 Å². The molecule has 0 spiro atoms. The van der Waals surface area contributed by atoms with Crippen LogP contribution in [0.2, 0.25) is 0 Å². The summed E-state index contributed by atoms with van der Waals surface area (Å²) in [6, 6.07) is 6.13. The molecule has 2 amide bonds. The number of nitrogens with zero attached hydrogens (tertiary/aromatic N) is 2. The first-order chi connectivity index (χ1) is 13.0. The minimum absolute atomic E-state index is 0.0471. The molecule has 0 aliphatic carbocycles. The smallest absolute Gasteiger partial charge is 0.223 e. The Morgan fingerprint density at radius 1 is 1.26 bits per heavy atom. The molecule has 1 aromatic rings. The highest BCUT2D eigenvalue weighted by atomic mass is 16.5. The number of aryl methyl sites for hydroxylation is 1. The Hall–Kier alpha value is -2.08. The highest BCUT2D eigenvalue weighted by Gasteiger charge is 2.18. The molecule has 0 saturated carbocycles. The van der Waals surface area contributed by atoms with Gasteiger partial charge in [-0.2, -0.15) is 0 Å². The molecule has 1 heterocycles. The third-order valence-corrected chi connectivity index (χ3v) is 5.09. The van der Waals surface area contributed by atoms with Crippen LogP contribution in [-0.4, -0.2) is 50.7 Å². The second-order valence-corrected chi connectivity index (χ2v) is 7.00. The molecule has 2 rings (SSSR count). The summed E-state index contributed by atoms with van der Waals surface area (Å²) in [5.41, 5.74) is 3.05. The van der Waals surface area contributed by atoms with Crippen LogP contribution in [0.5, 0.6) is 0 Å². The van der Waals surface area contributed by atoms with Crippen molar-refractivity contribution in [2.45, 2.75) is 53.1 Å². The number of rotatable bonds is 9. The van der Waals surface area contributed by atoms with Crippen molar-refractivity contribution in [1.29, 1.82) is 0 Å². The van der Waals surface area contributed by atoms with E-state index in [0.717, 1.165) is 49.5 Å². The van der Waals surface area contributed by atoms with Crippen LogP contribution in [0.4, 0.5) is 11.4 Å². The molecular weight excluding hydrogens is 342 g/mol. The van der Waals surface area contributed by atoms with Crippen molar-refractivity contribution < 1.29 is 14.3 Å². The van der Waals surface area contributed by atoms with E-state index in [1.807, 2.05) is 19.1 Å². The van der Waals surface area contributed by atoms with Gasteiger partial charge in [0.05, 0.1) is 6.10 Å². The van der Waals surface area contributed by atoms with E-state index in [-0.39, 0.29) is 24.3 Å². The molecule has 1 N–H and O–H groups in total. The van der Waals surface area contributed by atoms with Crippen LogP contribution in [0.25, 0.3) is 0 Å². The summed E-state index contributed by atoms with van der Waals surface area (Å²) in [4.78, 5) is 28.3. The van der Waals surface area contributed by atoms with E-state index in [2.05, 4.69) is 30.1 Å². The quantitative estimate of drug-likeness (QED) is 0.721. The van der Waals surface area contributed by atoms with Gasteiger partial charge >= 0.3 is 0 Å². The van der Waals surface area contributed by atoms with Crippen molar-refractivity contribution in [2.24, 2.45) is 0 Å². The number of anilines is 2. The van der Waals surface area contributed by atoms with E-state index in [1.54, 1.807) is 11.8 Å². The maximum atomic E-state index is 12.2. The minimum Gasteiger partial charge on any atom is -0.376 e. The average molecular weight is 376 g/mol. The first-order valence-corrected chi connectivity index (χ1v) is 9.98. The van der Waals surface area contributed by atoms with E-state index in [9.17, 15) is 9.59 Å². The third-order valence-electron chi connectivity index (χ3n) is 5.09. The molecule has 0 radical (unpaired) electrons. The van der Waals surface area contributed by atoms with Crippen LogP contribution in [0.3, 0.4) is 0 Å². The van der Waals surface area contributed by atoms with Gasteiger partial charge in [-0.1, -0.05) is 0 Å². The molecule has 1 unspecified atom stereocenters. The standard InChI is InChI=1S/C21H33N3O3/c1-5-23(6-2)18-9-10-20(16(3)14-18)24(17(4)25)12-11-21(26)22-15-19-8-7-13-27-19/h9-10,14,19H,5-8,11-13,15H2,1-4H3,(H,22,26). The monoisotopic (exact) mass is 375 g/mol. The van der Waals surface area contributed by atoms with E-state index in [4.69, 9.17) is 4.74 Å². The second-order valence-electron chi connectivity index (χ2n) is 7.00. The molecule has 1 fully saturated rings. The first kappa shape index (κ1) is 21.2. The highest BCUT2D eigenvalue weighted by molar-refractivity contribution is 5.93. The normalized spacial score (nSPS) is 16.2. The van der Waals surface area contributed by atoms with E-state index >= 15 is 0 Å². The van der Waals surface area contributed by atoms with Gasteiger partial charge in [0, 0.05) is 57.5 Å². The van der Waals surface area contributed by atoms with Crippen LogP contribution in [-0.2, 0) is 14.3 Å². The van der Waals surface area contributed by atoms with Crippen LogP contribution < -0.4 is 15.1 Å².